The molecule has 0 aliphatic carbocycles. The van der Waals surface area contributed by atoms with E-state index in [-0.39, 0.29) is 21.8 Å². The van der Waals surface area contributed by atoms with Gasteiger partial charge in [-0.25, -0.2) is 18.7 Å². The molecule has 106 valence electrons. The summed E-state index contributed by atoms with van der Waals surface area (Å²) < 4.78 is 25.4. The third-order valence-corrected chi connectivity index (χ3v) is 2.98. The zero-order valence-electron chi connectivity index (χ0n) is 10.1. The SMILES string of the molecule is N#Cc1ccc(-c2ncnc(C(F)F)c2Cl)cc1[N+](=O)[O-]. The van der Waals surface area contributed by atoms with Gasteiger partial charge in [0.1, 0.15) is 23.7 Å². The lowest BCUT2D eigenvalue weighted by molar-refractivity contribution is -0.385. The number of benzene rings is 1. The first-order valence-electron chi connectivity index (χ1n) is 5.43. The molecule has 0 saturated carbocycles. The molecule has 0 atom stereocenters. The second-order valence-electron chi connectivity index (χ2n) is 3.82. The van der Waals surface area contributed by atoms with Gasteiger partial charge in [0.25, 0.3) is 12.1 Å². The molecular weight excluding hydrogens is 306 g/mol. The second-order valence-corrected chi connectivity index (χ2v) is 4.20. The molecule has 0 aliphatic rings. The summed E-state index contributed by atoms with van der Waals surface area (Å²) in [5, 5.41) is 19.3. The van der Waals surface area contributed by atoms with Gasteiger partial charge in [0.2, 0.25) is 0 Å². The Balaban J connectivity index is 2.64. The average Bonchev–Trinajstić information content (AvgIpc) is 2.46. The van der Waals surface area contributed by atoms with Crippen molar-refractivity contribution < 1.29 is 13.7 Å². The van der Waals surface area contributed by atoms with Crippen molar-refractivity contribution in [1.82, 2.24) is 9.97 Å². The van der Waals surface area contributed by atoms with Gasteiger partial charge in [0, 0.05) is 11.6 Å². The lowest BCUT2D eigenvalue weighted by atomic mass is 10.1. The minimum atomic E-state index is -2.90. The van der Waals surface area contributed by atoms with E-state index in [9.17, 15) is 18.9 Å². The molecule has 0 saturated heterocycles. The maximum atomic E-state index is 12.7. The molecule has 0 amide bonds. The number of rotatable bonds is 3. The largest absolute Gasteiger partial charge is 0.287 e. The molecule has 2 aromatic rings. The van der Waals surface area contributed by atoms with E-state index < -0.39 is 22.7 Å². The van der Waals surface area contributed by atoms with Crippen molar-refractivity contribution in [2.75, 3.05) is 0 Å². The van der Waals surface area contributed by atoms with Crippen molar-refractivity contribution in [1.29, 1.82) is 5.26 Å². The van der Waals surface area contributed by atoms with E-state index in [1.54, 1.807) is 6.07 Å². The number of alkyl halides is 2. The molecular formula is C12H5ClF2N4O2. The zero-order chi connectivity index (χ0) is 15.6. The van der Waals surface area contributed by atoms with Crippen LogP contribution in [-0.4, -0.2) is 14.9 Å². The Labute approximate surface area is 121 Å². The highest BCUT2D eigenvalue weighted by Gasteiger charge is 2.21. The summed E-state index contributed by atoms with van der Waals surface area (Å²) in [5.74, 6) is 0. The Morgan fingerprint density at radius 2 is 2.10 bits per heavy atom. The maximum absolute atomic E-state index is 12.7. The normalized spacial score (nSPS) is 10.4. The van der Waals surface area contributed by atoms with Crippen LogP contribution in [0.1, 0.15) is 17.7 Å². The summed E-state index contributed by atoms with van der Waals surface area (Å²) in [5.41, 5.74) is -1.18. The number of aromatic nitrogens is 2. The number of nitriles is 1. The molecule has 1 aromatic heterocycles. The van der Waals surface area contributed by atoms with E-state index in [0.717, 1.165) is 12.4 Å². The summed E-state index contributed by atoms with van der Waals surface area (Å²) in [4.78, 5) is 17.3. The van der Waals surface area contributed by atoms with E-state index in [0.29, 0.717) is 0 Å². The van der Waals surface area contributed by atoms with Gasteiger partial charge in [-0.15, -0.1) is 0 Å². The Hall–Kier alpha value is -2.66. The number of hydrogen-bond donors (Lipinski definition) is 0. The zero-order valence-corrected chi connectivity index (χ0v) is 10.9. The molecule has 0 bridgehead atoms. The molecule has 0 spiro atoms. The lowest BCUT2D eigenvalue weighted by Gasteiger charge is -2.07. The minimum Gasteiger partial charge on any atom is -0.258 e. The molecule has 0 unspecified atom stereocenters. The predicted molar refractivity (Wildman–Crippen MR) is 68.8 cm³/mol. The molecule has 1 heterocycles. The second kappa shape index (κ2) is 5.76. The highest BCUT2D eigenvalue weighted by Crippen LogP contribution is 2.34. The van der Waals surface area contributed by atoms with E-state index in [2.05, 4.69) is 9.97 Å². The van der Waals surface area contributed by atoms with Crippen molar-refractivity contribution in [2.24, 2.45) is 0 Å². The first kappa shape index (κ1) is 14.7. The Kier molecular flexibility index (Phi) is 4.05. The van der Waals surface area contributed by atoms with Crippen LogP contribution < -0.4 is 0 Å². The van der Waals surface area contributed by atoms with Crippen LogP contribution in [0.25, 0.3) is 11.3 Å². The van der Waals surface area contributed by atoms with Gasteiger partial charge in [0.05, 0.1) is 15.6 Å². The number of nitro benzene ring substituents is 1. The van der Waals surface area contributed by atoms with Crippen LogP contribution in [0.2, 0.25) is 5.02 Å². The number of hydrogen-bond acceptors (Lipinski definition) is 5. The third-order valence-electron chi connectivity index (χ3n) is 2.61. The first-order valence-corrected chi connectivity index (χ1v) is 5.81. The van der Waals surface area contributed by atoms with E-state index in [4.69, 9.17) is 16.9 Å². The first-order chi connectivity index (χ1) is 9.95. The fraction of sp³-hybridized carbons (Fsp3) is 0.0833. The fourth-order valence-electron chi connectivity index (χ4n) is 1.66. The average molecular weight is 311 g/mol. The molecule has 0 N–H and O–H groups in total. The van der Waals surface area contributed by atoms with Crippen molar-refractivity contribution >= 4 is 17.3 Å². The van der Waals surface area contributed by atoms with Crippen molar-refractivity contribution in [2.45, 2.75) is 6.43 Å². The highest BCUT2D eigenvalue weighted by molar-refractivity contribution is 6.33. The van der Waals surface area contributed by atoms with Gasteiger partial charge in [0.15, 0.2) is 0 Å². The molecule has 21 heavy (non-hydrogen) atoms. The fourth-order valence-corrected chi connectivity index (χ4v) is 1.95. The Bertz CT molecular complexity index is 761. The Morgan fingerprint density at radius 3 is 2.67 bits per heavy atom. The molecule has 2 rings (SSSR count). The molecule has 6 nitrogen and oxygen atoms in total. The van der Waals surface area contributed by atoms with E-state index >= 15 is 0 Å². The van der Waals surface area contributed by atoms with Crippen LogP contribution in [0.5, 0.6) is 0 Å². The van der Waals surface area contributed by atoms with Crippen LogP contribution in [0, 0.1) is 21.4 Å². The van der Waals surface area contributed by atoms with Gasteiger partial charge < -0.3 is 0 Å². The van der Waals surface area contributed by atoms with Gasteiger partial charge >= 0.3 is 0 Å². The number of halogens is 3. The minimum absolute atomic E-state index is 0.0606. The standard InChI is InChI=1S/C12H5ClF2N4O2/c13-9-10(17-5-18-11(9)12(14)15)6-1-2-7(4-16)8(3-6)19(20)21/h1-3,5,12H. The third kappa shape index (κ3) is 2.78. The van der Waals surface area contributed by atoms with Gasteiger partial charge in [-0.2, -0.15) is 5.26 Å². The van der Waals surface area contributed by atoms with Crippen LogP contribution in [0.4, 0.5) is 14.5 Å². The van der Waals surface area contributed by atoms with E-state index in [1.165, 1.54) is 12.1 Å². The quantitative estimate of drug-likeness (QED) is 0.638. The molecule has 9 heteroatoms. The molecule has 0 fully saturated rings. The summed E-state index contributed by atoms with van der Waals surface area (Å²) in [6.45, 7) is 0. The van der Waals surface area contributed by atoms with Crippen LogP contribution >= 0.6 is 11.6 Å². The van der Waals surface area contributed by atoms with Gasteiger partial charge in [-0.1, -0.05) is 17.7 Å². The lowest BCUT2D eigenvalue weighted by Crippen LogP contribution is -1.98. The topological polar surface area (TPSA) is 92.7 Å². The smallest absolute Gasteiger partial charge is 0.258 e. The van der Waals surface area contributed by atoms with Crippen molar-refractivity contribution in [3.8, 4) is 17.3 Å². The van der Waals surface area contributed by atoms with Crippen LogP contribution in [0.3, 0.4) is 0 Å². The predicted octanol–water partition coefficient (Wildman–Crippen LogP) is 3.51. The van der Waals surface area contributed by atoms with Crippen LogP contribution in [-0.2, 0) is 0 Å². The Morgan fingerprint density at radius 1 is 1.38 bits per heavy atom. The maximum Gasteiger partial charge on any atom is 0.287 e. The van der Waals surface area contributed by atoms with Gasteiger partial charge in [-0.05, 0) is 6.07 Å². The van der Waals surface area contributed by atoms with Crippen molar-refractivity contribution in [3.63, 3.8) is 0 Å². The van der Waals surface area contributed by atoms with E-state index in [1.807, 2.05) is 0 Å². The number of nitrogens with zero attached hydrogens (tertiary/aromatic N) is 4. The summed E-state index contributed by atoms with van der Waals surface area (Å²) >= 11 is 5.80. The highest BCUT2D eigenvalue weighted by atomic mass is 35.5. The van der Waals surface area contributed by atoms with Crippen molar-refractivity contribution in [3.05, 3.63) is 50.9 Å². The molecule has 0 radical (unpaired) electrons. The monoisotopic (exact) mass is 310 g/mol. The van der Waals surface area contributed by atoms with Gasteiger partial charge in [-0.3, -0.25) is 10.1 Å². The number of nitro groups is 1. The molecule has 1 aromatic carbocycles. The summed E-state index contributed by atoms with van der Waals surface area (Å²) in [6, 6.07) is 5.27. The molecule has 0 aliphatic heterocycles. The summed E-state index contributed by atoms with van der Waals surface area (Å²) in [6.07, 6.45) is -2.00. The van der Waals surface area contributed by atoms with Crippen LogP contribution in [0.15, 0.2) is 24.5 Å². The summed E-state index contributed by atoms with van der Waals surface area (Å²) in [7, 11) is 0.